The minimum absolute atomic E-state index is 0.0211. The molecule has 0 bridgehead atoms. The predicted octanol–water partition coefficient (Wildman–Crippen LogP) is 5.06. The SMILES string of the molecule is COC(=O)c1ccc(CN2C(=O)C(=O)/C(=C(/O)c3ccc(Cl)cc3)C2c2ccccc2C)cc1. The summed E-state index contributed by atoms with van der Waals surface area (Å²) in [6, 6.07) is 19.7. The highest BCUT2D eigenvalue weighted by atomic mass is 35.5. The Morgan fingerprint density at radius 2 is 1.59 bits per heavy atom. The van der Waals surface area contributed by atoms with Crippen LogP contribution >= 0.6 is 11.6 Å². The molecule has 172 valence electrons. The van der Waals surface area contributed by atoms with Crippen LogP contribution in [-0.4, -0.2) is 34.8 Å². The third-order valence-electron chi connectivity index (χ3n) is 5.87. The minimum Gasteiger partial charge on any atom is -0.507 e. The summed E-state index contributed by atoms with van der Waals surface area (Å²) in [4.78, 5) is 39.5. The van der Waals surface area contributed by atoms with Crippen LogP contribution in [0.4, 0.5) is 0 Å². The molecule has 1 aliphatic heterocycles. The Morgan fingerprint density at radius 1 is 0.971 bits per heavy atom. The number of hydrogen-bond donors (Lipinski definition) is 1. The number of likely N-dealkylation sites (tertiary alicyclic amines) is 1. The van der Waals surface area contributed by atoms with E-state index in [1.54, 1.807) is 48.5 Å². The Hall–Kier alpha value is -3.90. The number of aryl methyl sites for hydroxylation is 1. The maximum atomic E-state index is 13.2. The molecule has 4 rings (SSSR count). The van der Waals surface area contributed by atoms with Crippen LogP contribution in [-0.2, 0) is 20.9 Å². The number of hydrogen-bond acceptors (Lipinski definition) is 5. The summed E-state index contributed by atoms with van der Waals surface area (Å²) in [5, 5.41) is 11.6. The first-order valence-electron chi connectivity index (χ1n) is 10.6. The van der Waals surface area contributed by atoms with Crippen LogP contribution in [0, 0.1) is 6.92 Å². The Balaban J connectivity index is 1.81. The predicted molar refractivity (Wildman–Crippen MR) is 128 cm³/mol. The van der Waals surface area contributed by atoms with Gasteiger partial charge >= 0.3 is 5.97 Å². The number of halogens is 1. The molecule has 1 fully saturated rings. The average molecular weight is 476 g/mol. The molecule has 1 aliphatic rings. The van der Waals surface area contributed by atoms with Crippen molar-refractivity contribution in [2.75, 3.05) is 7.11 Å². The highest BCUT2D eigenvalue weighted by molar-refractivity contribution is 6.46. The van der Waals surface area contributed by atoms with E-state index in [4.69, 9.17) is 16.3 Å². The standard InChI is InChI=1S/C27H22ClNO5/c1-16-5-3-4-6-21(16)23-22(24(30)18-11-13-20(28)14-12-18)25(31)26(32)29(23)15-17-7-9-19(10-8-17)27(33)34-2/h3-14,23,30H,15H2,1-2H3/b24-22+. The summed E-state index contributed by atoms with van der Waals surface area (Å²) in [6.07, 6.45) is 0. The summed E-state index contributed by atoms with van der Waals surface area (Å²) < 4.78 is 4.73. The molecule has 0 spiro atoms. The number of esters is 1. The lowest BCUT2D eigenvalue weighted by Crippen LogP contribution is -2.29. The molecule has 3 aromatic rings. The van der Waals surface area contributed by atoms with Crippen molar-refractivity contribution in [2.45, 2.75) is 19.5 Å². The van der Waals surface area contributed by atoms with Crippen molar-refractivity contribution >= 4 is 35.0 Å². The second-order valence-corrected chi connectivity index (χ2v) is 8.42. The second kappa shape index (κ2) is 9.53. The van der Waals surface area contributed by atoms with E-state index < -0.39 is 23.7 Å². The summed E-state index contributed by atoms with van der Waals surface area (Å²) in [5.41, 5.74) is 3.13. The molecule has 0 aromatic heterocycles. The van der Waals surface area contributed by atoms with Crippen molar-refractivity contribution in [3.05, 3.63) is 111 Å². The highest BCUT2D eigenvalue weighted by Crippen LogP contribution is 2.41. The lowest BCUT2D eigenvalue weighted by atomic mass is 9.92. The molecule has 6 nitrogen and oxygen atoms in total. The molecule has 3 aromatic carbocycles. The molecule has 1 atom stereocenters. The first-order chi connectivity index (χ1) is 16.3. The van der Waals surface area contributed by atoms with Crippen LogP contribution < -0.4 is 0 Å². The van der Waals surface area contributed by atoms with E-state index in [-0.39, 0.29) is 17.9 Å². The van der Waals surface area contributed by atoms with Gasteiger partial charge in [-0.1, -0.05) is 48.0 Å². The van der Waals surface area contributed by atoms with E-state index in [1.807, 2.05) is 31.2 Å². The van der Waals surface area contributed by atoms with Crippen LogP contribution in [0.1, 0.15) is 38.7 Å². The van der Waals surface area contributed by atoms with Crippen molar-refractivity contribution in [3.8, 4) is 0 Å². The van der Waals surface area contributed by atoms with Gasteiger partial charge in [-0.15, -0.1) is 0 Å². The van der Waals surface area contributed by atoms with E-state index in [2.05, 4.69) is 0 Å². The summed E-state index contributed by atoms with van der Waals surface area (Å²) in [6.45, 7) is 2.01. The van der Waals surface area contributed by atoms with Gasteiger partial charge in [-0.2, -0.15) is 0 Å². The number of benzene rings is 3. The monoisotopic (exact) mass is 475 g/mol. The number of aliphatic hydroxyl groups excluding tert-OH is 1. The van der Waals surface area contributed by atoms with Gasteiger partial charge in [0.25, 0.3) is 11.7 Å². The molecule has 7 heteroatoms. The van der Waals surface area contributed by atoms with Crippen LogP contribution in [0.25, 0.3) is 5.76 Å². The third-order valence-corrected chi connectivity index (χ3v) is 6.12. The van der Waals surface area contributed by atoms with Crippen LogP contribution in [0.5, 0.6) is 0 Å². The summed E-state index contributed by atoms with van der Waals surface area (Å²) in [7, 11) is 1.30. The molecule has 1 saturated heterocycles. The van der Waals surface area contributed by atoms with Gasteiger partial charge in [0.1, 0.15) is 5.76 Å². The van der Waals surface area contributed by atoms with Gasteiger partial charge in [0, 0.05) is 17.1 Å². The number of aliphatic hydroxyl groups is 1. The number of rotatable bonds is 5. The minimum atomic E-state index is -0.780. The molecule has 0 aliphatic carbocycles. The molecule has 0 saturated carbocycles. The molecule has 1 amide bonds. The number of carbonyl (C=O) groups is 3. The number of amides is 1. The fraction of sp³-hybridized carbons (Fsp3) is 0.148. The normalized spacial score (nSPS) is 17.1. The lowest BCUT2D eigenvalue weighted by Gasteiger charge is -2.26. The summed E-state index contributed by atoms with van der Waals surface area (Å²) >= 11 is 5.97. The first kappa shape index (κ1) is 23.3. The third kappa shape index (κ3) is 4.32. The van der Waals surface area contributed by atoms with Gasteiger partial charge in [0.05, 0.1) is 24.3 Å². The van der Waals surface area contributed by atoms with Crippen molar-refractivity contribution in [1.29, 1.82) is 0 Å². The first-order valence-corrected chi connectivity index (χ1v) is 11.0. The van der Waals surface area contributed by atoms with Gasteiger partial charge in [-0.3, -0.25) is 9.59 Å². The van der Waals surface area contributed by atoms with Crippen molar-refractivity contribution in [2.24, 2.45) is 0 Å². The van der Waals surface area contributed by atoms with E-state index in [0.717, 1.165) is 16.7 Å². The van der Waals surface area contributed by atoms with Crippen molar-refractivity contribution < 1.29 is 24.2 Å². The topological polar surface area (TPSA) is 83.9 Å². The van der Waals surface area contributed by atoms with Gasteiger partial charge in [0.2, 0.25) is 0 Å². The molecule has 1 N–H and O–H groups in total. The number of nitrogens with zero attached hydrogens (tertiary/aromatic N) is 1. The zero-order valence-corrected chi connectivity index (χ0v) is 19.4. The largest absolute Gasteiger partial charge is 0.507 e. The molecular formula is C27H22ClNO5. The van der Waals surface area contributed by atoms with Crippen LogP contribution in [0.15, 0.2) is 78.4 Å². The quantitative estimate of drug-likeness (QED) is 0.241. The van der Waals surface area contributed by atoms with E-state index in [9.17, 15) is 19.5 Å². The Bertz CT molecular complexity index is 1300. The molecule has 1 heterocycles. The number of Topliss-reactive ketones (excluding diaryl/α,β-unsaturated/α-hetero) is 1. The van der Waals surface area contributed by atoms with E-state index in [1.165, 1.54) is 12.0 Å². The van der Waals surface area contributed by atoms with E-state index in [0.29, 0.717) is 16.1 Å². The van der Waals surface area contributed by atoms with Gasteiger partial charge < -0.3 is 14.7 Å². The second-order valence-electron chi connectivity index (χ2n) is 7.98. The van der Waals surface area contributed by atoms with Crippen molar-refractivity contribution in [1.82, 2.24) is 4.90 Å². The Morgan fingerprint density at radius 3 is 2.21 bits per heavy atom. The fourth-order valence-corrected chi connectivity index (χ4v) is 4.21. The lowest BCUT2D eigenvalue weighted by molar-refractivity contribution is -0.140. The maximum Gasteiger partial charge on any atom is 0.337 e. The molecule has 34 heavy (non-hydrogen) atoms. The Labute approximate surface area is 202 Å². The number of ketones is 1. The van der Waals surface area contributed by atoms with Gasteiger partial charge in [0.15, 0.2) is 0 Å². The molecule has 0 radical (unpaired) electrons. The van der Waals surface area contributed by atoms with Crippen LogP contribution in [0.3, 0.4) is 0 Å². The van der Waals surface area contributed by atoms with Crippen molar-refractivity contribution in [3.63, 3.8) is 0 Å². The molecule has 1 unspecified atom stereocenters. The zero-order valence-electron chi connectivity index (χ0n) is 18.6. The number of ether oxygens (including phenoxy) is 1. The van der Waals surface area contributed by atoms with Gasteiger partial charge in [-0.05, 0) is 60.0 Å². The van der Waals surface area contributed by atoms with E-state index >= 15 is 0 Å². The van der Waals surface area contributed by atoms with Crippen LogP contribution in [0.2, 0.25) is 5.02 Å². The summed E-state index contributed by atoms with van der Waals surface area (Å²) in [5.74, 6) is -2.19. The highest BCUT2D eigenvalue weighted by Gasteiger charge is 2.46. The Kier molecular flexibility index (Phi) is 6.52. The average Bonchev–Trinajstić information content (AvgIpc) is 3.09. The number of carbonyl (C=O) groups excluding carboxylic acids is 3. The smallest absolute Gasteiger partial charge is 0.337 e. The molecular weight excluding hydrogens is 454 g/mol. The fourth-order valence-electron chi connectivity index (χ4n) is 4.08. The van der Waals surface area contributed by atoms with Gasteiger partial charge in [-0.25, -0.2) is 4.79 Å². The number of methoxy groups -OCH3 is 1. The zero-order chi connectivity index (χ0) is 24.4. The maximum absolute atomic E-state index is 13.2.